The molecule has 0 radical (unpaired) electrons. The maximum absolute atomic E-state index is 10.1. The van der Waals surface area contributed by atoms with Crippen molar-refractivity contribution < 1.29 is 9.90 Å². The van der Waals surface area contributed by atoms with Gasteiger partial charge >= 0.3 is 0 Å². The van der Waals surface area contributed by atoms with Crippen LogP contribution in [0.2, 0.25) is 0 Å². The van der Waals surface area contributed by atoms with E-state index >= 15 is 0 Å². The number of aromatic nitrogens is 2. The van der Waals surface area contributed by atoms with E-state index in [4.69, 9.17) is 0 Å². The summed E-state index contributed by atoms with van der Waals surface area (Å²) in [6.45, 7) is 0. The molecule has 1 N–H and O–H groups in total. The topological polar surface area (TPSA) is 68.8 Å². The molecule has 4 nitrogen and oxygen atoms in total. The number of aliphatic carboxylic acids is 1. The zero-order chi connectivity index (χ0) is 9.97. The van der Waals surface area contributed by atoms with E-state index in [-0.39, 0.29) is 0 Å². The minimum absolute atomic E-state index is 0.510. The third kappa shape index (κ3) is 1.64. The van der Waals surface area contributed by atoms with Crippen LogP contribution in [0.15, 0.2) is 30.3 Å². The van der Waals surface area contributed by atoms with E-state index in [1.54, 1.807) is 0 Å². The first-order valence-corrected chi connectivity index (χ1v) is 4.09. The lowest BCUT2D eigenvalue weighted by Crippen LogP contribution is -2.18. The normalized spacial score (nSPS) is 11.1. The van der Waals surface area contributed by atoms with E-state index in [2.05, 4.69) is 9.97 Å². The lowest BCUT2D eigenvalue weighted by atomic mass is 10.3. The minimum atomic E-state index is -1.23. The van der Waals surface area contributed by atoms with Crippen LogP contribution in [0, 0.1) is 0 Å². The largest absolute Gasteiger partial charge is 0.545 e. The van der Waals surface area contributed by atoms with Crippen molar-refractivity contribution in [2.75, 3.05) is 0 Å². The molecule has 1 aromatic heterocycles. The Morgan fingerprint density at radius 3 is 2.93 bits per heavy atom. The molecule has 0 aliphatic rings. The molecule has 0 aliphatic heterocycles. The van der Waals surface area contributed by atoms with Gasteiger partial charge in [-0.05, 0) is 24.3 Å². The summed E-state index contributed by atoms with van der Waals surface area (Å²) in [4.78, 5) is 17.3. The number of fused-ring (bicyclic) bond motifs is 1. The molecule has 0 unspecified atom stereocenters. The molecule has 0 bridgehead atoms. The summed E-state index contributed by atoms with van der Waals surface area (Å²) < 4.78 is 0. The molecule has 0 atom stereocenters. The second-order valence-corrected chi connectivity index (χ2v) is 2.79. The highest BCUT2D eigenvalue weighted by atomic mass is 16.4. The molecule has 70 valence electrons. The van der Waals surface area contributed by atoms with E-state index in [0.29, 0.717) is 5.82 Å². The predicted molar refractivity (Wildman–Crippen MR) is 50.1 cm³/mol. The SMILES string of the molecule is O=C([O-])/C=C/c1nc2ccccc2[nH]1. The Labute approximate surface area is 79.9 Å². The minimum Gasteiger partial charge on any atom is -0.545 e. The number of aromatic amines is 1. The number of imidazole rings is 1. The highest BCUT2D eigenvalue weighted by Crippen LogP contribution is 2.10. The van der Waals surface area contributed by atoms with Gasteiger partial charge in [0.1, 0.15) is 5.82 Å². The van der Waals surface area contributed by atoms with Gasteiger partial charge in [-0.3, -0.25) is 0 Å². The van der Waals surface area contributed by atoms with Crippen LogP contribution in [0.4, 0.5) is 0 Å². The van der Waals surface area contributed by atoms with Crippen molar-refractivity contribution in [1.29, 1.82) is 0 Å². The number of rotatable bonds is 2. The molecule has 2 aromatic rings. The molecule has 0 aliphatic carbocycles. The number of nitrogens with zero attached hydrogens (tertiary/aromatic N) is 1. The zero-order valence-electron chi connectivity index (χ0n) is 7.23. The third-order valence-electron chi connectivity index (χ3n) is 1.78. The predicted octanol–water partition coefficient (Wildman–Crippen LogP) is 0.326. The molecule has 1 heterocycles. The van der Waals surface area contributed by atoms with E-state index < -0.39 is 5.97 Å². The summed E-state index contributed by atoms with van der Waals surface area (Å²) in [7, 11) is 0. The van der Waals surface area contributed by atoms with Crippen LogP contribution in [0.25, 0.3) is 17.1 Å². The Hall–Kier alpha value is -2.10. The van der Waals surface area contributed by atoms with Gasteiger partial charge in [0.2, 0.25) is 0 Å². The molecule has 1 aromatic carbocycles. The second kappa shape index (κ2) is 3.33. The van der Waals surface area contributed by atoms with E-state index in [0.717, 1.165) is 17.1 Å². The number of carbonyl (C=O) groups is 1. The van der Waals surface area contributed by atoms with Crippen molar-refractivity contribution in [3.63, 3.8) is 0 Å². The summed E-state index contributed by atoms with van der Waals surface area (Å²) in [5.74, 6) is -0.721. The Morgan fingerprint density at radius 2 is 2.21 bits per heavy atom. The van der Waals surface area contributed by atoms with Gasteiger partial charge in [-0.15, -0.1) is 0 Å². The number of carbonyl (C=O) groups excluding carboxylic acids is 1. The fourth-order valence-corrected chi connectivity index (χ4v) is 1.20. The summed E-state index contributed by atoms with van der Waals surface area (Å²) in [6.07, 6.45) is 2.31. The van der Waals surface area contributed by atoms with Gasteiger partial charge in [-0.2, -0.15) is 0 Å². The van der Waals surface area contributed by atoms with Gasteiger partial charge in [0.15, 0.2) is 0 Å². The zero-order valence-corrected chi connectivity index (χ0v) is 7.23. The van der Waals surface area contributed by atoms with Crippen LogP contribution in [-0.2, 0) is 4.79 Å². The maximum atomic E-state index is 10.1. The molecule has 14 heavy (non-hydrogen) atoms. The lowest BCUT2D eigenvalue weighted by molar-refractivity contribution is -0.297. The number of carboxylic acids is 1. The highest BCUT2D eigenvalue weighted by molar-refractivity contribution is 5.84. The van der Waals surface area contributed by atoms with Crippen LogP contribution in [0.5, 0.6) is 0 Å². The number of carboxylic acid groups (broad SMARTS) is 1. The standard InChI is InChI=1S/C10H8N2O2/c13-10(14)6-5-9-11-7-3-1-2-4-8(7)12-9/h1-6H,(H,11,12)(H,13,14)/p-1/b6-5+. The first kappa shape index (κ1) is 8.50. The van der Waals surface area contributed by atoms with Gasteiger partial charge in [-0.25, -0.2) is 4.98 Å². The van der Waals surface area contributed by atoms with Gasteiger partial charge in [-0.1, -0.05) is 12.1 Å². The average Bonchev–Trinajstić information content (AvgIpc) is 2.57. The van der Waals surface area contributed by atoms with Crippen molar-refractivity contribution in [1.82, 2.24) is 9.97 Å². The van der Waals surface area contributed by atoms with Gasteiger partial charge in [0.25, 0.3) is 0 Å². The molecule has 0 saturated carbocycles. The molecule has 4 heteroatoms. The smallest absolute Gasteiger partial charge is 0.131 e. The van der Waals surface area contributed by atoms with Crippen molar-refractivity contribution in [2.24, 2.45) is 0 Å². The Bertz CT molecular complexity index is 467. The third-order valence-corrected chi connectivity index (χ3v) is 1.78. The molecule has 2 rings (SSSR count). The van der Waals surface area contributed by atoms with Crippen molar-refractivity contribution in [3.8, 4) is 0 Å². The van der Waals surface area contributed by atoms with Crippen LogP contribution in [0.1, 0.15) is 5.82 Å². The first-order chi connectivity index (χ1) is 6.75. The number of para-hydroxylation sites is 2. The molecule has 0 fully saturated rings. The molecular formula is C10H7N2O2-. The average molecular weight is 187 g/mol. The molecule has 0 saturated heterocycles. The maximum Gasteiger partial charge on any atom is 0.131 e. The monoisotopic (exact) mass is 187 g/mol. The van der Waals surface area contributed by atoms with E-state index in [1.165, 1.54) is 6.08 Å². The number of benzene rings is 1. The Morgan fingerprint density at radius 1 is 1.43 bits per heavy atom. The Kier molecular flexibility index (Phi) is 2.02. The second-order valence-electron chi connectivity index (χ2n) is 2.79. The molecule has 0 spiro atoms. The molecule has 0 amide bonds. The van der Waals surface area contributed by atoms with Gasteiger partial charge < -0.3 is 14.9 Å². The highest BCUT2D eigenvalue weighted by Gasteiger charge is 1.96. The van der Waals surface area contributed by atoms with Crippen LogP contribution < -0.4 is 5.11 Å². The number of hydrogen-bond acceptors (Lipinski definition) is 3. The van der Waals surface area contributed by atoms with Gasteiger partial charge in [0.05, 0.1) is 17.0 Å². The van der Waals surface area contributed by atoms with Crippen molar-refractivity contribution >= 4 is 23.1 Å². The fraction of sp³-hybridized carbons (Fsp3) is 0. The lowest BCUT2D eigenvalue weighted by Gasteiger charge is -1.87. The summed E-state index contributed by atoms with van der Waals surface area (Å²) in [6, 6.07) is 7.48. The van der Waals surface area contributed by atoms with Crippen molar-refractivity contribution in [2.45, 2.75) is 0 Å². The molecular weight excluding hydrogens is 180 g/mol. The van der Waals surface area contributed by atoms with E-state index in [1.807, 2.05) is 24.3 Å². The number of H-pyrrole nitrogens is 1. The van der Waals surface area contributed by atoms with Crippen LogP contribution >= 0.6 is 0 Å². The summed E-state index contributed by atoms with van der Waals surface area (Å²) in [5.41, 5.74) is 1.69. The quantitative estimate of drug-likeness (QED) is 0.688. The van der Waals surface area contributed by atoms with Crippen molar-refractivity contribution in [3.05, 3.63) is 36.2 Å². The van der Waals surface area contributed by atoms with Crippen LogP contribution in [-0.4, -0.2) is 15.9 Å². The van der Waals surface area contributed by atoms with E-state index in [9.17, 15) is 9.90 Å². The van der Waals surface area contributed by atoms with Crippen LogP contribution in [0.3, 0.4) is 0 Å². The number of hydrogen-bond donors (Lipinski definition) is 1. The van der Waals surface area contributed by atoms with Gasteiger partial charge in [0, 0.05) is 0 Å². The fourth-order valence-electron chi connectivity index (χ4n) is 1.20. The Balaban J connectivity index is 2.40. The summed E-state index contributed by atoms with van der Waals surface area (Å²) >= 11 is 0. The summed E-state index contributed by atoms with van der Waals surface area (Å²) in [5, 5.41) is 10.1. The first-order valence-electron chi connectivity index (χ1n) is 4.09. The number of nitrogens with one attached hydrogen (secondary N) is 1.